The van der Waals surface area contributed by atoms with Crippen molar-refractivity contribution in [1.29, 1.82) is 0 Å². The molecule has 0 aliphatic rings. The third-order valence-electron chi connectivity index (χ3n) is 1.19. The standard InChI is InChI=1S/C6H13N3O2.C3H2N2O2.CH6N2.CH4/c1-5(10)3-8-6(11)9-4-7-2;6-2-4-1-5-3-7;2-1-3;/h7H,3-4H2,1-2H3,(H2,8,9,11);1H2;1-3H2;1H4. The lowest BCUT2D eigenvalue weighted by Gasteiger charge is -2.04. The fourth-order valence-electron chi connectivity index (χ4n) is 0.529. The highest BCUT2D eigenvalue weighted by molar-refractivity contribution is 5.83. The Kier molecular flexibility index (Phi) is 34.2. The molecule has 0 aliphatic carbocycles. The highest BCUT2D eigenvalue weighted by Crippen LogP contribution is 1.65. The first-order chi connectivity index (χ1) is 9.99. The summed E-state index contributed by atoms with van der Waals surface area (Å²) in [4.78, 5) is 45.3. The number of nitrogens with two attached hydrogens (primary N) is 2. The number of amides is 2. The van der Waals surface area contributed by atoms with Crippen molar-refractivity contribution in [3.63, 3.8) is 0 Å². The van der Waals surface area contributed by atoms with Gasteiger partial charge in [0.2, 0.25) is 12.2 Å². The first-order valence-corrected chi connectivity index (χ1v) is 5.63. The van der Waals surface area contributed by atoms with Gasteiger partial charge in [0.25, 0.3) is 0 Å². The van der Waals surface area contributed by atoms with Gasteiger partial charge in [-0.1, -0.05) is 7.43 Å². The van der Waals surface area contributed by atoms with Gasteiger partial charge in [-0.05, 0) is 14.0 Å². The number of isocyanates is 2. The fraction of sp³-hybridized carbons (Fsp3) is 0.636. The van der Waals surface area contributed by atoms with Gasteiger partial charge >= 0.3 is 6.03 Å². The number of nitrogens with one attached hydrogen (secondary N) is 3. The maximum absolute atomic E-state index is 10.7. The molecule has 0 aromatic carbocycles. The van der Waals surface area contributed by atoms with Crippen LogP contribution in [0, 0.1) is 0 Å². The summed E-state index contributed by atoms with van der Waals surface area (Å²) in [6.45, 7) is 1.98. The lowest BCUT2D eigenvalue weighted by atomic mass is 10.4. The molecule has 128 valence electrons. The molecule has 0 radical (unpaired) electrons. The van der Waals surface area contributed by atoms with Crippen LogP contribution in [0.15, 0.2) is 9.98 Å². The number of Topliss-reactive ketones (excluding diaryl/α,β-unsaturated/α-hetero) is 1. The first kappa shape index (κ1) is 27.8. The number of hydrogen-bond donors (Lipinski definition) is 5. The number of ketones is 1. The van der Waals surface area contributed by atoms with Crippen molar-refractivity contribution in [3.8, 4) is 0 Å². The van der Waals surface area contributed by atoms with Gasteiger partial charge in [0.05, 0.1) is 13.2 Å². The number of rotatable bonds is 6. The van der Waals surface area contributed by atoms with E-state index in [-0.39, 0.29) is 39.1 Å². The molecule has 0 atom stereocenters. The number of carbonyl (C=O) groups is 2. The summed E-state index contributed by atoms with van der Waals surface area (Å²) in [5.41, 5.74) is 9.25. The van der Waals surface area contributed by atoms with Crippen molar-refractivity contribution in [1.82, 2.24) is 16.0 Å². The second kappa shape index (κ2) is 27.0. The van der Waals surface area contributed by atoms with E-state index in [0.717, 1.165) is 0 Å². The maximum Gasteiger partial charge on any atom is 0.316 e. The smallest absolute Gasteiger partial charge is 0.316 e. The Morgan fingerprint density at radius 2 is 1.55 bits per heavy atom. The van der Waals surface area contributed by atoms with Crippen LogP contribution in [0.4, 0.5) is 4.79 Å². The van der Waals surface area contributed by atoms with E-state index in [1.165, 1.54) is 19.1 Å². The van der Waals surface area contributed by atoms with Crippen LogP contribution in [0.1, 0.15) is 14.4 Å². The second-order valence-corrected chi connectivity index (χ2v) is 2.97. The van der Waals surface area contributed by atoms with Crippen LogP contribution in [0.2, 0.25) is 0 Å². The normalized spacial score (nSPS) is 7.09. The molecule has 0 rings (SSSR count). The Labute approximate surface area is 129 Å². The third-order valence-corrected chi connectivity index (χ3v) is 1.19. The molecule has 0 unspecified atom stereocenters. The summed E-state index contributed by atoms with van der Waals surface area (Å²) < 4.78 is 0. The van der Waals surface area contributed by atoms with Crippen LogP contribution < -0.4 is 27.4 Å². The Hall–Kier alpha value is -2.42. The summed E-state index contributed by atoms with van der Waals surface area (Å²) in [5, 5.41) is 7.58. The zero-order valence-corrected chi connectivity index (χ0v) is 12.0. The van der Waals surface area contributed by atoms with Gasteiger partial charge in [-0.3, -0.25) is 4.79 Å². The monoisotopic (exact) mass is 319 g/mol. The minimum Gasteiger partial charge on any atom is -0.331 e. The van der Waals surface area contributed by atoms with Crippen molar-refractivity contribution in [2.45, 2.75) is 14.4 Å². The SMILES string of the molecule is C.CNCNC(=O)NCC(C)=O.NCN.O=C=NCN=C=O. The van der Waals surface area contributed by atoms with Crippen LogP contribution in [0.25, 0.3) is 0 Å². The molecule has 11 heteroatoms. The average molecular weight is 319 g/mol. The molecule has 0 heterocycles. The van der Waals surface area contributed by atoms with Crippen molar-refractivity contribution >= 4 is 24.0 Å². The van der Waals surface area contributed by atoms with Crippen LogP contribution in [-0.4, -0.2) is 57.6 Å². The van der Waals surface area contributed by atoms with E-state index in [1.807, 2.05) is 0 Å². The summed E-state index contributed by atoms with van der Waals surface area (Å²) in [6, 6.07) is -0.338. The lowest BCUT2D eigenvalue weighted by molar-refractivity contribution is -0.116. The highest BCUT2D eigenvalue weighted by atomic mass is 16.2. The Morgan fingerprint density at radius 3 is 1.86 bits per heavy atom. The van der Waals surface area contributed by atoms with E-state index in [4.69, 9.17) is 0 Å². The molecular weight excluding hydrogens is 294 g/mol. The van der Waals surface area contributed by atoms with Gasteiger partial charge < -0.3 is 27.4 Å². The van der Waals surface area contributed by atoms with Gasteiger partial charge in [0, 0.05) is 6.67 Å². The predicted molar refractivity (Wildman–Crippen MR) is 82.2 cm³/mol. The summed E-state index contributed by atoms with van der Waals surface area (Å²) in [5.74, 6) is -0.0652. The van der Waals surface area contributed by atoms with Crippen LogP contribution >= 0.6 is 0 Å². The van der Waals surface area contributed by atoms with Crippen molar-refractivity contribution in [3.05, 3.63) is 0 Å². The van der Waals surface area contributed by atoms with E-state index < -0.39 is 0 Å². The molecule has 7 N–H and O–H groups in total. The molecule has 0 bridgehead atoms. The molecule has 2 amide bonds. The van der Waals surface area contributed by atoms with E-state index >= 15 is 0 Å². The summed E-state index contributed by atoms with van der Waals surface area (Å²) in [7, 11) is 1.71. The van der Waals surface area contributed by atoms with Crippen molar-refractivity contribution in [2.24, 2.45) is 21.5 Å². The third kappa shape index (κ3) is 43.2. The zero-order valence-electron chi connectivity index (χ0n) is 12.0. The molecule has 0 aromatic rings. The zero-order chi connectivity index (χ0) is 16.9. The number of carbonyl (C=O) groups excluding carboxylic acids is 4. The van der Waals surface area contributed by atoms with Crippen LogP contribution in [0.3, 0.4) is 0 Å². The molecule has 0 aromatic heterocycles. The Balaban J connectivity index is -0.000000127. The Bertz CT molecular complexity index is 347. The van der Waals surface area contributed by atoms with E-state index in [2.05, 4.69) is 37.4 Å². The van der Waals surface area contributed by atoms with Crippen molar-refractivity contribution < 1.29 is 19.2 Å². The van der Waals surface area contributed by atoms with Gasteiger partial charge in [-0.2, -0.15) is 9.98 Å². The minimum atomic E-state index is -0.338. The van der Waals surface area contributed by atoms with E-state index in [1.54, 1.807) is 7.05 Å². The predicted octanol–water partition coefficient (Wildman–Crippen LogP) is -1.84. The fourth-order valence-corrected chi connectivity index (χ4v) is 0.529. The molecule has 0 fully saturated rings. The number of hydrogen-bond acceptors (Lipinski definition) is 9. The first-order valence-electron chi connectivity index (χ1n) is 5.63. The van der Waals surface area contributed by atoms with Gasteiger partial charge in [-0.25, -0.2) is 14.4 Å². The molecule has 0 saturated heterocycles. The molecule has 0 aliphatic heterocycles. The summed E-state index contributed by atoms with van der Waals surface area (Å²) in [6.07, 6.45) is 2.41. The number of urea groups is 1. The average Bonchev–Trinajstić information content (AvgIpc) is 2.45. The van der Waals surface area contributed by atoms with Crippen LogP contribution in [0.5, 0.6) is 0 Å². The Morgan fingerprint density at radius 1 is 1.09 bits per heavy atom. The van der Waals surface area contributed by atoms with Crippen molar-refractivity contribution in [2.75, 3.05) is 33.6 Å². The van der Waals surface area contributed by atoms with Gasteiger partial charge in [-0.15, -0.1) is 0 Å². The second-order valence-electron chi connectivity index (χ2n) is 2.97. The molecule has 0 spiro atoms. The quantitative estimate of drug-likeness (QED) is 0.216. The maximum atomic E-state index is 10.7. The topological polar surface area (TPSA) is 181 Å². The minimum absolute atomic E-state index is 0. The molecule has 0 saturated carbocycles. The molecule has 22 heavy (non-hydrogen) atoms. The highest BCUT2D eigenvalue weighted by Gasteiger charge is 1.98. The number of nitrogens with zero attached hydrogens (tertiary/aromatic N) is 2. The number of aliphatic imine (C=N–C) groups is 2. The molecule has 11 nitrogen and oxygen atoms in total. The van der Waals surface area contributed by atoms with Gasteiger partial charge in [0.1, 0.15) is 5.78 Å². The largest absolute Gasteiger partial charge is 0.331 e. The van der Waals surface area contributed by atoms with Crippen LogP contribution in [-0.2, 0) is 14.4 Å². The van der Waals surface area contributed by atoms with Gasteiger partial charge in [0.15, 0.2) is 6.67 Å². The summed E-state index contributed by atoms with van der Waals surface area (Å²) >= 11 is 0. The lowest BCUT2D eigenvalue weighted by Crippen LogP contribution is -2.41. The van der Waals surface area contributed by atoms with E-state index in [9.17, 15) is 19.2 Å². The molecular formula is C11H25N7O4. The van der Waals surface area contributed by atoms with E-state index in [0.29, 0.717) is 6.67 Å².